The summed E-state index contributed by atoms with van der Waals surface area (Å²) in [6.07, 6.45) is -0.216. The molecule has 1 unspecified atom stereocenters. The van der Waals surface area contributed by atoms with Gasteiger partial charge < -0.3 is 20.5 Å². The number of methoxy groups -OCH3 is 2. The largest absolute Gasteiger partial charge is 0.495 e. The van der Waals surface area contributed by atoms with Crippen LogP contribution in [0.3, 0.4) is 0 Å². The first-order chi connectivity index (χ1) is 11.1. The number of hydrogen-bond donors (Lipinski definition) is 2. The van der Waals surface area contributed by atoms with Crippen molar-refractivity contribution in [2.75, 3.05) is 26.1 Å². The van der Waals surface area contributed by atoms with Crippen molar-refractivity contribution in [2.45, 2.75) is 6.10 Å². The second kappa shape index (κ2) is 8.41. The zero-order chi connectivity index (χ0) is 16.7. The molecule has 0 amide bonds. The number of benzene rings is 2. The molecule has 0 aliphatic carbocycles. The average molecular weight is 334 g/mol. The molecule has 23 heavy (non-hydrogen) atoms. The number of guanidine groups is 1. The molecule has 122 valence electrons. The van der Waals surface area contributed by atoms with Crippen molar-refractivity contribution in [1.29, 1.82) is 0 Å². The molecular weight excluding hydrogens is 314 g/mol. The van der Waals surface area contributed by atoms with Crippen LogP contribution in [0.5, 0.6) is 5.75 Å². The lowest BCUT2D eigenvalue weighted by Crippen LogP contribution is -2.24. The highest BCUT2D eigenvalue weighted by Crippen LogP contribution is 2.23. The van der Waals surface area contributed by atoms with Crippen molar-refractivity contribution in [2.24, 2.45) is 10.7 Å². The summed E-state index contributed by atoms with van der Waals surface area (Å²) in [5, 5.41) is 3.69. The number of ether oxygens (including phenoxy) is 2. The fraction of sp³-hybridized carbons (Fsp3) is 0.235. The lowest BCUT2D eigenvalue weighted by Gasteiger charge is -2.15. The predicted octanol–water partition coefficient (Wildman–Crippen LogP) is 3.46. The summed E-state index contributed by atoms with van der Waals surface area (Å²) < 4.78 is 10.7. The number of nitrogens with two attached hydrogens (primary N) is 1. The first kappa shape index (κ1) is 17.1. The molecule has 0 bridgehead atoms. The van der Waals surface area contributed by atoms with Crippen molar-refractivity contribution < 1.29 is 9.47 Å². The van der Waals surface area contributed by atoms with Gasteiger partial charge in [-0.3, -0.25) is 4.99 Å². The quantitative estimate of drug-likeness (QED) is 0.627. The summed E-state index contributed by atoms with van der Waals surface area (Å²) in [4.78, 5) is 4.33. The average Bonchev–Trinajstić information content (AvgIpc) is 2.56. The topological polar surface area (TPSA) is 68.9 Å². The van der Waals surface area contributed by atoms with Crippen LogP contribution < -0.4 is 15.8 Å². The number of anilines is 1. The van der Waals surface area contributed by atoms with Gasteiger partial charge in [0.1, 0.15) is 11.9 Å². The number of hydrogen-bond acceptors (Lipinski definition) is 3. The smallest absolute Gasteiger partial charge is 0.193 e. The molecule has 6 heteroatoms. The number of rotatable bonds is 6. The van der Waals surface area contributed by atoms with Gasteiger partial charge in [-0.2, -0.15) is 0 Å². The van der Waals surface area contributed by atoms with Gasteiger partial charge >= 0.3 is 0 Å². The van der Waals surface area contributed by atoms with Gasteiger partial charge in [0.05, 0.1) is 19.3 Å². The van der Waals surface area contributed by atoms with E-state index in [0.29, 0.717) is 23.3 Å². The Morgan fingerprint density at radius 3 is 2.70 bits per heavy atom. The molecule has 0 fully saturated rings. The van der Waals surface area contributed by atoms with Gasteiger partial charge in [-0.15, -0.1) is 0 Å². The maximum Gasteiger partial charge on any atom is 0.193 e. The Balaban J connectivity index is 2.05. The van der Waals surface area contributed by atoms with Crippen LogP contribution in [0.1, 0.15) is 11.7 Å². The molecule has 0 saturated heterocycles. The highest BCUT2D eigenvalue weighted by molar-refractivity contribution is 6.30. The Bertz CT molecular complexity index is 676. The van der Waals surface area contributed by atoms with Gasteiger partial charge in [0.25, 0.3) is 0 Å². The molecule has 5 nitrogen and oxygen atoms in total. The van der Waals surface area contributed by atoms with Crippen LogP contribution >= 0.6 is 11.6 Å². The van der Waals surface area contributed by atoms with Crippen LogP contribution in [0.25, 0.3) is 0 Å². The third-order valence-corrected chi connectivity index (χ3v) is 3.54. The van der Waals surface area contributed by atoms with Crippen LogP contribution in [-0.2, 0) is 4.74 Å². The summed E-state index contributed by atoms with van der Waals surface area (Å²) >= 11 is 6.01. The molecule has 0 saturated carbocycles. The van der Waals surface area contributed by atoms with Gasteiger partial charge in [0.15, 0.2) is 5.96 Å². The molecule has 3 N–H and O–H groups in total. The van der Waals surface area contributed by atoms with E-state index in [-0.39, 0.29) is 6.10 Å². The minimum atomic E-state index is -0.216. The SMILES string of the molecule is COc1ccccc1NC(N)=NCC(OC)c1cccc(Cl)c1. The Morgan fingerprint density at radius 2 is 2.00 bits per heavy atom. The lowest BCUT2D eigenvalue weighted by atomic mass is 10.1. The summed E-state index contributed by atoms with van der Waals surface area (Å²) in [6.45, 7) is 0.380. The lowest BCUT2D eigenvalue weighted by molar-refractivity contribution is 0.111. The molecule has 0 heterocycles. The molecule has 2 rings (SSSR count). The molecule has 2 aromatic carbocycles. The molecule has 2 aromatic rings. The van der Waals surface area contributed by atoms with E-state index in [1.165, 1.54) is 0 Å². The van der Waals surface area contributed by atoms with Crippen LogP contribution in [0.15, 0.2) is 53.5 Å². The van der Waals surface area contributed by atoms with E-state index in [0.717, 1.165) is 11.3 Å². The summed E-state index contributed by atoms with van der Waals surface area (Å²) in [6, 6.07) is 15.0. The molecule has 0 spiro atoms. The van der Waals surface area contributed by atoms with Gasteiger partial charge in [-0.25, -0.2) is 0 Å². The van der Waals surface area contributed by atoms with E-state index in [1.54, 1.807) is 14.2 Å². The normalized spacial score (nSPS) is 12.7. The second-order valence-corrected chi connectivity index (χ2v) is 5.27. The second-order valence-electron chi connectivity index (χ2n) is 4.83. The Hall–Kier alpha value is -2.24. The molecule has 0 aliphatic rings. The van der Waals surface area contributed by atoms with E-state index in [2.05, 4.69) is 10.3 Å². The minimum Gasteiger partial charge on any atom is -0.495 e. The Morgan fingerprint density at radius 1 is 1.22 bits per heavy atom. The van der Waals surface area contributed by atoms with E-state index >= 15 is 0 Å². The third-order valence-electron chi connectivity index (χ3n) is 3.30. The van der Waals surface area contributed by atoms with Crippen LogP contribution in [0, 0.1) is 0 Å². The Kier molecular flexibility index (Phi) is 6.26. The van der Waals surface area contributed by atoms with Gasteiger partial charge in [-0.05, 0) is 29.8 Å². The van der Waals surface area contributed by atoms with Crippen molar-refractivity contribution >= 4 is 23.2 Å². The minimum absolute atomic E-state index is 0.216. The molecule has 0 radical (unpaired) electrons. The van der Waals surface area contributed by atoms with Crippen molar-refractivity contribution in [3.63, 3.8) is 0 Å². The monoisotopic (exact) mass is 333 g/mol. The maximum absolute atomic E-state index is 6.01. The Labute approximate surface area is 141 Å². The van der Waals surface area contributed by atoms with Crippen LogP contribution in [-0.4, -0.2) is 26.7 Å². The van der Waals surface area contributed by atoms with E-state index < -0.39 is 0 Å². The fourth-order valence-electron chi connectivity index (χ4n) is 2.13. The molecule has 0 aromatic heterocycles. The zero-order valence-electron chi connectivity index (χ0n) is 13.1. The van der Waals surface area contributed by atoms with E-state index in [4.69, 9.17) is 26.8 Å². The highest BCUT2D eigenvalue weighted by Gasteiger charge is 2.11. The molecule has 0 aliphatic heterocycles. The molecule has 1 atom stereocenters. The van der Waals surface area contributed by atoms with Crippen molar-refractivity contribution in [3.05, 3.63) is 59.1 Å². The standard InChI is InChI=1S/C17H20ClN3O2/c1-22-15-9-4-3-8-14(15)21-17(19)20-11-16(23-2)12-6-5-7-13(18)10-12/h3-10,16H,11H2,1-2H3,(H3,19,20,21). The van der Waals surface area contributed by atoms with Crippen LogP contribution in [0.4, 0.5) is 5.69 Å². The fourth-order valence-corrected chi connectivity index (χ4v) is 2.33. The zero-order valence-corrected chi connectivity index (χ0v) is 13.9. The highest BCUT2D eigenvalue weighted by atomic mass is 35.5. The van der Waals surface area contributed by atoms with Gasteiger partial charge in [0, 0.05) is 12.1 Å². The number of halogens is 1. The van der Waals surface area contributed by atoms with Gasteiger partial charge in [0.2, 0.25) is 0 Å². The van der Waals surface area contributed by atoms with E-state index in [9.17, 15) is 0 Å². The van der Waals surface area contributed by atoms with Crippen LogP contribution in [0.2, 0.25) is 5.02 Å². The molecular formula is C17H20ClN3O2. The number of nitrogens with one attached hydrogen (secondary N) is 1. The maximum atomic E-state index is 6.01. The first-order valence-electron chi connectivity index (χ1n) is 7.12. The van der Waals surface area contributed by atoms with Gasteiger partial charge in [-0.1, -0.05) is 35.9 Å². The summed E-state index contributed by atoms with van der Waals surface area (Å²) in [7, 11) is 3.23. The summed E-state index contributed by atoms with van der Waals surface area (Å²) in [5.74, 6) is 0.988. The first-order valence-corrected chi connectivity index (χ1v) is 7.50. The van der Waals surface area contributed by atoms with E-state index in [1.807, 2.05) is 48.5 Å². The summed E-state index contributed by atoms with van der Waals surface area (Å²) in [5.41, 5.74) is 7.65. The van der Waals surface area contributed by atoms with Crippen molar-refractivity contribution in [3.8, 4) is 5.75 Å². The number of aliphatic imine (C=N–C) groups is 1. The van der Waals surface area contributed by atoms with Crippen molar-refractivity contribution in [1.82, 2.24) is 0 Å². The predicted molar refractivity (Wildman–Crippen MR) is 94.3 cm³/mol. The number of nitrogens with zero attached hydrogens (tertiary/aromatic N) is 1. The number of para-hydroxylation sites is 2. The third kappa shape index (κ3) is 4.87.